The lowest BCUT2D eigenvalue weighted by Crippen LogP contribution is -2.59. The zero-order valence-electron chi connectivity index (χ0n) is 12.9. The predicted octanol–water partition coefficient (Wildman–Crippen LogP) is 3.23. The average Bonchev–Trinajstić information content (AvgIpc) is 2.49. The van der Waals surface area contributed by atoms with Crippen LogP contribution in [0.25, 0.3) is 0 Å². The highest BCUT2D eigenvalue weighted by Gasteiger charge is 2.66. The molecule has 1 atom stereocenters. The van der Waals surface area contributed by atoms with E-state index in [4.69, 9.17) is 4.74 Å². The van der Waals surface area contributed by atoms with E-state index < -0.39 is 16.9 Å². The third-order valence-electron chi connectivity index (χ3n) is 4.54. The van der Waals surface area contributed by atoms with Gasteiger partial charge in [-0.2, -0.15) is 5.26 Å². The molecule has 0 radical (unpaired) electrons. The van der Waals surface area contributed by atoms with Gasteiger partial charge in [-0.25, -0.2) is 0 Å². The Morgan fingerprint density at radius 1 is 1.38 bits per heavy atom. The minimum absolute atomic E-state index is 0.127. The summed E-state index contributed by atoms with van der Waals surface area (Å²) in [5, 5.41) is 21.5. The van der Waals surface area contributed by atoms with E-state index in [0.717, 1.165) is 12.8 Å². The lowest BCUT2D eigenvalue weighted by Gasteiger charge is -2.39. The molecule has 0 saturated heterocycles. The van der Waals surface area contributed by atoms with Crippen LogP contribution in [0.15, 0.2) is 0 Å². The van der Waals surface area contributed by atoms with Gasteiger partial charge in [0.1, 0.15) is 0 Å². The summed E-state index contributed by atoms with van der Waals surface area (Å²) in [6, 6.07) is 2.01. The van der Waals surface area contributed by atoms with Crippen molar-refractivity contribution in [1.82, 2.24) is 0 Å². The quantitative estimate of drug-likeness (QED) is 0.408. The minimum Gasteiger partial charge on any atom is -0.465 e. The largest absolute Gasteiger partial charge is 0.465 e. The number of hydrogen-bond acceptors (Lipinski definition) is 5. The van der Waals surface area contributed by atoms with Gasteiger partial charge in [0.25, 0.3) is 5.54 Å². The first-order chi connectivity index (χ1) is 10.0. The smallest absolute Gasteiger partial charge is 0.334 e. The van der Waals surface area contributed by atoms with Gasteiger partial charge in [0.15, 0.2) is 0 Å². The summed E-state index contributed by atoms with van der Waals surface area (Å²) in [4.78, 5) is 23.9. The predicted molar refractivity (Wildman–Crippen MR) is 77.0 cm³/mol. The first kappa shape index (κ1) is 17.4. The van der Waals surface area contributed by atoms with Crippen molar-refractivity contribution in [2.45, 2.75) is 70.8 Å². The van der Waals surface area contributed by atoms with Gasteiger partial charge in [-0.15, -0.1) is 0 Å². The van der Waals surface area contributed by atoms with Crippen LogP contribution in [0.1, 0.15) is 65.2 Å². The maximum absolute atomic E-state index is 12.5. The van der Waals surface area contributed by atoms with Crippen molar-refractivity contribution < 1.29 is 14.5 Å². The van der Waals surface area contributed by atoms with Crippen LogP contribution in [0, 0.1) is 26.9 Å². The number of carbonyl (C=O) groups is 1. The van der Waals surface area contributed by atoms with Crippen molar-refractivity contribution in [1.29, 1.82) is 5.26 Å². The molecule has 1 rings (SSSR count). The van der Waals surface area contributed by atoms with Gasteiger partial charge in [0.05, 0.1) is 12.7 Å². The monoisotopic (exact) mass is 296 g/mol. The van der Waals surface area contributed by atoms with Gasteiger partial charge >= 0.3 is 5.97 Å². The molecule has 0 aliphatic heterocycles. The summed E-state index contributed by atoms with van der Waals surface area (Å²) >= 11 is 0. The second-order valence-electron chi connectivity index (χ2n) is 5.69. The first-order valence-electron chi connectivity index (χ1n) is 7.73. The third-order valence-corrected chi connectivity index (χ3v) is 4.54. The Hall–Kier alpha value is -1.64. The average molecular weight is 296 g/mol. The molecule has 1 unspecified atom stereocenters. The molecule has 0 spiro atoms. The molecule has 1 fully saturated rings. The molecule has 6 heteroatoms. The third kappa shape index (κ3) is 3.02. The van der Waals surface area contributed by atoms with Crippen molar-refractivity contribution in [2.24, 2.45) is 5.41 Å². The second kappa shape index (κ2) is 7.39. The molecule has 0 aromatic heterocycles. The van der Waals surface area contributed by atoms with Crippen molar-refractivity contribution in [3.05, 3.63) is 10.1 Å². The fourth-order valence-corrected chi connectivity index (χ4v) is 3.33. The zero-order valence-corrected chi connectivity index (χ0v) is 12.9. The fraction of sp³-hybridized carbons (Fsp3) is 0.867. The van der Waals surface area contributed by atoms with Crippen LogP contribution >= 0.6 is 0 Å². The lowest BCUT2D eigenvalue weighted by atomic mass is 9.61. The minimum atomic E-state index is -1.66. The van der Waals surface area contributed by atoms with Crippen LogP contribution < -0.4 is 0 Å². The van der Waals surface area contributed by atoms with Gasteiger partial charge in [-0.05, 0) is 26.2 Å². The molecular formula is C15H24N2O4. The number of hydrogen-bond donors (Lipinski definition) is 0. The molecule has 0 aromatic rings. The molecular weight excluding hydrogens is 272 g/mol. The summed E-state index contributed by atoms with van der Waals surface area (Å²) < 4.78 is 5.06. The van der Waals surface area contributed by atoms with Gasteiger partial charge in [-0.1, -0.05) is 26.2 Å². The molecule has 6 nitrogen and oxygen atoms in total. The zero-order chi connectivity index (χ0) is 15.9. The Bertz CT molecular complexity index is 424. The number of rotatable bonds is 7. The number of unbranched alkanes of at least 4 members (excludes halogenated alkanes) is 1. The SMILES string of the molecule is CCCCC(C#N)(C(=O)OCC)C1([N+](=O)[O-])CCCCC1. The molecule has 0 N–H and O–H groups in total. The number of nitro groups is 1. The lowest BCUT2D eigenvalue weighted by molar-refractivity contribution is -0.590. The second-order valence-corrected chi connectivity index (χ2v) is 5.69. The summed E-state index contributed by atoms with van der Waals surface area (Å²) in [6.07, 6.45) is 4.38. The fourth-order valence-electron chi connectivity index (χ4n) is 3.33. The molecule has 1 saturated carbocycles. The highest BCUT2D eigenvalue weighted by Crippen LogP contribution is 2.48. The van der Waals surface area contributed by atoms with Crippen LogP contribution in [-0.4, -0.2) is 23.0 Å². The van der Waals surface area contributed by atoms with Crippen LogP contribution in [0.5, 0.6) is 0 Å². The van der Waals surface area contributed by atoms with Crippen molar-refractivity contribution in [3.8, 4) is 6.07 Å². The van der Waals surface area contributed by atoms with E-state index in [1.54, 1.807) is 6.92 Å². The van der Waals surface area contributed by atoms with Crippen molar-refractivity contribution in [2.75, 3.05) is 6.61 Å². The summed E-state index contributed by atoms with van der Waals surface area (Å²) in [5.74, 6) is -0.723. The maximum Gasteiger partial charge on any atom is 0.334 e. The molecule has 0 heterocycles. The van der Waals surface area contributed by atoms with E-state index in [1.807, 2.05) is 13.0 Å². The molecule has 0 amide bonds. The first-order valence-corrected chi connectivity index (χ1v) is 7.73. The molecule has 1 aliphatic rings. The Labute approximate surface area is 125 Å². The maximum atomic E-state index is 12.5. The Morgan fingerprint density at radius 3 is 2.43 bits per heavy atom. The summed E-state index contributed by atoms with van der Waals surface area (Å²) in [5.41, 5.74) is -3.16. The standard InChI is InChI=1S/C15H24N2O4/c1-3-5-9-14(12-16,13(18)21-4-2)15(17(19)20)10-7-6-8-11-15/h3-11H2,1-2H3. The van der Waals surface area contributed by atoms with E-state index >= 15 is 0 Å². The van der Waals surface area contributed by atoms with Crippen molar-refractivity contribution in [3.63, 3.8) is 0 Å². The van der Waals surface area contributed by atoms with Gasteiger partial charge < -0.3 is 4.74 Å². The summed E-state index contributed by atoms with van der Waals surface area (Å²) in [6.45, 7) is 3.72. The van der Waals surface area contributed by atoms with Crippen LogP contribution in [0.3, 0.4) is 0 Å². The number of esters is 1. The van der Waals surface area contributed by atoms with Gasteiger partial charge in [0.2, 0.25) is 5.41 Å². The van der Waals surface area contributed by atoms with Gasteiger partial charge in [-0.3, -0.25) is 14.9 Å². The highest BCUT2D eigenvalue weighted by atomic mass is 16.6. The Kier molecular flexibility index (Phi) is 6.13. The van der Waals surface area contributed by atoms with Crippen LogP contribution in [0.4, 0.5) is 0 Å². The molecule has 21 heavy (non-hydrogen) atoms. The number of carbonyl (C=O) groups excluding carboxylic acids is 1. The topological polar surface area (TPSA) is 93.2 Å². The van der Waals surface area contributed by atoms with E-state index in [0.29, 0.717) is 19.3 Å². The number of ether oxygens (including phenoxy) is 1. The molecule has 1 aliphatic carbocycles. The Morgan fingerprint density at radius 2 is 2.00 bits per heavy atom. The van der Waals surface area contributed by atoms with E-state index in [2.05, 4.69) is 0 Å². The molecule has 118 valence electrons. The van der Waals surface area contributed by atoms with E-state index in [-0.39, 0.29) is 30.8 Å². The van der Waals surface area contributed by atoms with Crippen LogP contribution in [0.2, 0.25) is 0 Å². The molecule has 0 aromatic carbocycles. The van der Waals surface area contributed by atoms with E-state index in [9.17, 15) is 20.2 Å². The number of nitriles is 1. The van der Waals surface area contributed by atoms with Gasteiger partial charge in [0, 0.05) is 17.8 Å². The van der Waals surface area contributed by atoms with E-state index in [1.165, 1.54) is 0 Å². The highest BCUT2D eigenvalue weighted by molar-refractivity contribution is 5.81. The van der Waals surface area contributed by atoms with Crippen molar-refractivity contribution >= 4 is 5.97 Å². The van der Waals surface area contributed by atoms with Crippen LogP contribution in [-0.2, 0) is 9.53 Å². The normalized spacial score (nSPS) is 20.0. The summed E-state index contributed by atoms with van der Waals surface area (Å²) in [7, 11) is 0. The Balaban J connectivity index is 3.33. The number of nitrogens with zero attached hydrogens (tertiary/aromatic N) is 2. The molecule has 0 bridgehead atoms.